The van der Waals surface area contributed by atoms with E-state index in [-0.39, 0.29) is 5.82 Å². The van der Waals surface area contributed by atoms with Crippen molar-refractivity contribution in [3.05, 3.63) is 50.7 Å². The summed E-state index contributed by atoms with van der Waals surface area (Å²) in [5, 5.41) is 4.66. The van der Waals surface area contributed by atoms with E-state index in [9.17, 15) is 4.39 Å². The van der Waals surface area contributed by atoms with Crippen LogP contribution in [0.5, 0.6) is 0 Å². The van der Waals surface area contributed by atoms with Crippen LogP contribution in [0.15, 0.2) is 24.4 Å². The number of nitrogens with one attached hydrogen (secondary N) is 1. The molecule has 5 heteroatoms. The van der Waals surface area contributed by atoms with Crippen LogP contribution in [-0.4, -0.2) is 4.98 Å². The first-order chi connectivity index (χ1) is 8.13. The van der Waals surface area contributed by atoms with Gasteiger partial charge in [0.1, 0.15) is 10.8 Å². The van der Waals surface area contributed by atoms with E-state index in [1.165, 1.54) is 17.0 Å². The second kappa shape index (κ2) is 5.58. The van der Waals surface area contributed by atoms with Gasteiger partial charge >= 0.3 is 0 Å². The van der Waals surface area contributed by atoms with Gasteiger partial charge in [0.05, 0.1) is 0 Å². The Hall–Kier alpha value is -0.970. The Balaban J connectivity index is 1.89. The van der Waals surface area contributed by atoms with Crippen LogP contribution in [0.4, 0.5) is 4.39 Å². The second-order valence-electron chi connectivity index (χ2n) is 3.75. The van der Waals surface area contributed by atoms with Crippen molar-refractivity contribution < 1.29 is 4.39 Å². The molecule has 0 amide bonds. The molecule has 0 saturated heterocycles. The minimum absolute atomic E-state index is 0.306. The molecule has 0 aliphatic carbocycles. The van der Waals surface area contributed by atoms with E-state index < -0.39 is 0 Å². The van der Waals surface area contributed by atoms with E-state index in [0.29, 0.717) is 18.1 Å². The number of rotatable bonds is 4. The molecule has 0 fully saturated rings. The van der Waals surface area contributed by atoms with E-state index in [2.05, 4.69) is 10.3 Å². The predicted octanol–water partition coefficient (Wildman–Crippen LogP) is 3.53. The zero-order valence-corrected chi connectivity index (χ0v) is 10.9. The van der Waals surface area contributed by atoms with Crippen molar-refractivity contribution in [3.8, 4) is 0 Å². The average Bonchev–Trinajstić information content (AvgIpc) is 2.63. The molecule has 1 N–H and O–H groups in total. The number of halogens is 2. The van der Waals surface area contributed by atoms with E-state index in [0.717, 1.165) is 10.6 Å². The van der Waals surface area contributed by atoms with Crippen LogP contribution in [0.1, 0.15) is 15.4 Å². The summed E-state index contributed by atoms with van der Waals surface area (Å²) >= 11 is 7.43. The van der Waals surface area contributed by atoms with E-state index >= 15 is 0 Å². The molecule has 90 valence electrons. The topological polar surface area (TPSA) is 24.9 Å². The number of hydrogen-bond acceptors (Lipinski definition) is 3. The first-order valence-electron chi connectivity index (χ1n) is 5.20. The summed E-state index contributed by atoms with van der Waals surface area (Å²) in [6.07, 6.45) is 1.85. The van der Waals surface area contributed by atoms with Crippen LogP contribution < -0.4 is 5.32 Å². The fourth-order valence-electron chi connectivity index (χ4n) is 1.51. The van der Waals surface area contributed by atoms with Gasteiger partial charge in [0.2, 0.25) is 0 Å². The van der Waals surface area contributed by atoms with Crippen molar-refractivity contribution in [1.82, 2.24) is 10.3 Å². The van der Waals surface area contributed by atoms with Crippen molar-refractivity contribution in [2.75, 3.05) is 0 Å². The molecule has 0 aliphatic rings. The molecule has 0 saturated carbocycles. The molecule has 0 spiro atoms. The van der Waals surface area contributed by atoms with Crippen molar-refractivity contribution in [1.29, 1.82) is 0 Å². The summed E-state index contributed by atoms with van der Waals surface area (Å²) in [5.74, 6) is -0.306. The maximum Gasteiger partial charge on any atom is 0.125 e. The third kappa shape index (κ3) is 3.77. The molecular weight excluding hydrogens is 259 g/mol. The Bertz CT molecular complexity index is 493. The maximum atomic E-state index is 13.1. The highest BCUT2D eigenvalue weighted by Crippen LogP contribution is 2.14. The Labute approximate surface area is 108 Å². The monoisotopic (exact) mass is 270 g/mol. The molecule has 1 heterocycles. The second-order valence-corrected chi connectivity index (χ2v) is 5.50. The van der Waals surface area contributed by atoms with Gasteiger partial charge in [-0.2, -0.15) is 0 Å². The highest BCUT2D eigenvalue weighted by molar-refractivity contribution is 7.11. The van der Waals surface area contributed by atoms with E-state index in [1.807, 2.05) is 13.1 Å². The lowest BCUT2D eigenvalue weighted by Crippen LogP contribution is -2.12. The molecule has 2 rings (SSSR count). The lowest BCUT2D eigenvalue weighted by molar-refractivity contribution is 0.620. The Morgan fingerprint density at radius 1 is 1.35 bits per heavy atom. The molecule has 1 aromatic carbocycles. The van der Waals surface area contributed by atoms with Crippen molar-refractivity contribution in [2.24, 2.45) is 0 Å². The minimum Gasteiger partial charge on any atom is -0.306 e. The fourth-order valence-corrected chi connectivity index (χ4v) is 2.51. The van der Waals surface area contributed by atoms with Crippen molar-refractivity contribution in [2.45, 2.75) is 20.0 Å². The van der Waals surface area contributed by atoms with Gasteiger partial charge in [-0.3, -0.25) is 0 Å². The van der Waals surface area contributed by atoms with Crippen molar-refractivity contribution >= 4 is 22.9 Å². The largest absolute Gasteiger partial charge is 0.306 e. The van der Waals surface area contributed by atoms with Gasteiger partial charge in [-0.15, -0.1) is 11.3 Å². The summed E-state index contributed by atoms with van der Waals surface area (Å²) in [5.41, 5.74) is 0.836. The summed E-state index contributed by atoms with van der Waals surface area (Å²) in [6, 6.07) is 4.53. The van der Waals surface area contributed by atoms with E-state index in [4.69, 9.17) is 11.6 Å². The average molecular weight is 271 g/mol. The molecule has 0 bridgehead atoms. The molecule has 0 unspecified atom stereocenters. The molecule has 17 heavy (non-hydrogen) atoms. The van der Waals surface area contributed by atoms with Gasteiger partial charge in [0, 0.05) is 29.2 Å². The van der Waals surface area contributed by atoms with Gasteiger partial charge in [0.15, 0.2) is 0 Å². The van der Waals surface area contributed by atoms with Gasteiger partial charge in [-0.05, 0) is 30.7 Å². The summed E-state index contributed by atoms with van der Waals surface area (Å²) in [7, 11) is 0. The highest BCUT2D eigenvalue weighted by atomic mass is 35.5. The van der Waals surface area contributed by atoms with Crippen LogP contribution in [0, 0.1) is 12.7 Å². The number of nitrogens with zero attached hydrogens (tertiary/aromatic N) is 1. The standard InChI is InChI=1S/C12H12ClFN2S/c1-8-5-16-12(17-8)7-15-6-9-2-10(13)4-11(14)3-9/h2-5,15H,6-7H2,1H3. The quantitative estimate of drug-likeness (QED) is 0.919. The number of aromatic nitrogens is 1. The molecule has 1 aromatic heterocycles. The highest BCUT2D eigenvalue weighted by Gasteiger charge is 2.01. The zero-order chi connectivity index (χ0) is 12.3. The van der Waals surface area contributed by atoms with Crippen LogP contribution in [0.25, 0.3) is 0 Å². The molecule has 0 aliphatic heterocycles. The number of hydrogen-bond donors (Lipinski definition) is 1. The molecule has 2 aromatic rings. The summed E-state index contributed by atoms with van der Waals surface area (Å²) < 4.78 is 13.1. The SMILES string of the molecule is Cc1cnc(CNCc2cc(F)cc(Cl)c2)s1. The van der Waals surface area contributed by atoms with Gasteiger partial charge < -0.3 is 5.32 Å². The summed E-state index contributed by atoms with van der Waals surface area (Å²) in [4.78, 5) is 5.43. The molecule has 0 atom stereocenters. The molecule has 2 nitrogen and oxygen atoms in total. The maximum absolute atomic E-state index is 13.1. The third-order valence-corrected chi connectivity index (χ3v) is 3.33. The normalized spacial score (nSPS) is 10.8. The van der Waals surface area contributed by atoms with Crippen molar-refractivity contribution in [3.63, 3.8) is 0 Å². The molecule has 0 radical (unpaired) electrons. The number of aryl methyl sites for hydroxylation is 1. The zero-order valence-electron chi connectivity index (χ0n) is 9.34. The first-order valence-corrected chi connectivity index (χ1v) is 6.40. The van der Waals surface area contributed by atoms with Gasteiger partial charge in [-0.1, -0.05) is 11.6 Å². The number of benzene rings is 1. The van der Waals surface area contributed by atoms with Crippen LogP contribution >= 0.6 is 22.9 Å². The lowest BCUT2D eigenvalue weighted by Gasteiger charge is -2.03. The first kappa shape index (κ1) is 12.5. The van der Waals surface area contributed by atoms with Gasteiger partial charge in [0.25, 0.3) is 0 Å². The Morgan fingerprint density at radius 2 is 2.18 bits per heavy atom. The van der Waals surface area contributed by atoms with Gasteiger partial charge in [-0.25, -0.2) is 9.37 Å². The third-order valence-electron chi connectivity index (χ3n) is 2.20. The smallest absolute Gasteiger partial charge is 0.125 e. The Kier molecular flexibility index (Phi) is 4.10. The van der Waals surface area contributed by atoms with Crippen LogP contribution in [-0.2, 0) is 13.1 Å². The lowest BCUT2D eigenvalue weighted by atomic mass is 10.2. The Morgan fingerprint density at radius 3 is 2.82 bits per heavy atom. The summed E-state index contributed by atoms with van der Waals surface area (Å²) in [6.45, 7) is 3.29. The van der Waals surface area contributed by atoms with Crippen LogP contribution in [0.3, 0.4) is 0 Å². The van der Waals surface area contributed by atoms with E-state index in [1.54, 1.807) is 17.4 Å². The van der Waals surface area contributed by atoms with Crippen LogP contribution in [0.2, 0.25) is 5.02 Å². The number of thiazole rings is 1. The fraction of sp³-hybridized carbons (Fsp3) is 0.250. The molecular formula is C12H12ClFN2S. The minimum atomic E-state index is -0.306. The predicted molar refractivity (Wildman–Crippen MR) is 68.8 cm³/mol.